The molecule has 3 amide bonds. The van der Waals surface area contributed by atoms with Crippen molar-refractivity contribution < 1.29 is 14.3 Å². The van der Waals surface area contributed by atoms with Crippen molar-refractivity contribution in [2.24, 2.45) is 0 Å². The summed E-state index contributed by atoms with van der Waals surface area (Å²) in [5.41, 5.74) is -0.0665. The average Bonchev–Trinajstić information content (AvgIpc) is 2.64. The second-order valence-electron chi connectivity index (χ2n) is 6.84. The van der Waals surface area contributed by atoms with Crippen LogP contribution in [0.15, 0.2) is 60.7 Å². The molecule has 128 valence electrons. The highest BCUT2D eigenvalue weighted by Crippen LogP contribution is 2.56. The van der Waals surface area contributed by atoms with Crippen molar-refractivity contribution in [3.05, 3.63) is 71.8 Å². The van der Waals surface area contributed by atoms with E-state index in [1.54, 1.807) is 18.9 Å². The van der Waals surface area contributed by atoms with Crippen molar-refractivity contribution in [3.63, 3.8) is 0 Å². The van der Waals surface area contributed by atoms with Crippen LogP contribution >= 0.6 is 0 Å². The first-order valence-electron chi connectivity index (χ1n) is 8.29. The van der Waals surface area contributed by atoms with Crippen molar-refractivity contribution in [1.29, 1.82) is 0 Å². The Morgan fingerprint density at radius 3 is 1.84 bits per heavy atom. The van der Waals surface area contributed by atoms with Crippen molar-refractivity contribution in [2.75, 3.05) is 14.1 Å². The molecule has 2 aliphatic heterocycles. The van der Waals surface area contributed by atoms with E-state index in [1.807, 2.05) is 60.7 Å². The zero-order valence-corrected chi connectivity index (χ0v) is 14.5. The molecule has 2 aliphatic rings. The average molecular weight is 336 g/mol. The summed E-state index contributed by atoms with van der Waals surface area (Å²) in [4.78, 5) is 28.1. The van der Waals surface area contributed by atoms with Gasteiger partial charge in [0.1, 0.15) is 11.6 Å². The summed E-state index contributed by atoms with van der Waals surface area (Å²) in [5, 5.41) is 0. The molecule has 2 saturated heterocycles. The number of nitrogens with zero attached hydrogens (tertiary/aromatic N) is 2. The normalized spacial score (nSPS) is 27.7. The maximum absolute atomic E-state index is 12.8. The van der Waals surface area contributed by atoms with Crippen LogP contribution in [-0.4, -0.2) is 47.5 Å². The third-order valence-corrected chi connectivity index (χ3v) is 5.39. The number of benzene rings is 2. The van der Waals surface area contributed by atoms with Gasteiger partial charge in [-0.2, -0.15) is 0 Å². The Morgan fingerprint density at radius 1 is 0.880 bits per heavy atom. The Morgan fingerprint density at radius 2 is 1.36 bits per heavy atom. The van der Waals surface area contributed by atoms with Crippen LogP contribution in [0, 0.1) is 0 Å². The second-order valence-corrected chi connectivity index (χ2v) is 6.84. The molecule has 1 unspecified atom stereocenters. The highest BCUT2D eigenvalue weighted by Gasteiger charge is 2.73. The molecule has 25 heavy (non-hydrogen) atoms. The minimum atomic E-state index is -1.07. The summed E-state index contributed by atoms with van der Waals surface area (Å²) in [5.74, 6) is -0.303. The van der Waals surface area contributed by atoms with Crippen LogP contribution in [0.5, 0.6) is 0 Å². The molecule has 2 fully saturated rings. The minimum Gasteiger partial charge on any atom is -0.345 e. The van der Waals surface area contributed by atoms with Gasteiger partial charge < -0.3 is 9.64 Å². The minimum absolute atomic E-state index is 0.303. The van der Waals surface area contributed by atoms with Crippen molar-refractivity contribution in [2.45, 2.75) is 24.2 Å². The predicted molar refractivity (Wildman–Crippen MR) is 92.9 cm³/mol. The number of carbonyl (C=O) groups excluding carboxylic acids is 2. The van der Waals surface area contributed by atoms with E-state index in [2.05, 4.69) is 0 Å². The van der Waals surface area contributed by atoms with Gasteiger partial charge >= 0.3 is 6.03 Å². The number of fused-ring (bicyclic) bond motifs is 1. The number of carbonyl (C=O) groups is 2. The molecular formula is C20H20N2O3. The third-order valence-electron chi connectivity index (χ3n) is 5.39. The Kier molecular flexibility index (Phi) is 3.27. The number of hydrogen-bond donors (Lipinski definition) is 0. The highest BCUT2D eigenvalue weighted by atomic mass is 16.6. The zero-order chi connectivity index (χ0) is 17.8. The molecule has 5 nitrogen and oxygen atoms in total. The summed E-state index contributed by atoms with van der Waals surface area (Å²) < 4.78 is 6.41. The van der Waals surface area contributed by atoms with E-state index >= 15 is 0 Å². The smallest absolute Gasteiger partial charge is 0.326 e. The Bertz CT molecular complexity index is 797. The number of likely N-dealkylation sites (N-methyl/N-ethyl adjacent to an activating group) is 2. The zero-order valence-electron chi connectivity index (χ0n) is 14.5. The molecule has 0 radical (unpaired) electrons. The summed E-state index contributed by atoms with van der Waals surface area (Å²) >= 11 is 0. The number of hydrogen-bond acceptors (Lipinski definition) is 3. The van der Waals surface area contributed by atoms with Gasteiger partial charge in [-0.25, -0.2) is 4.79 Å². The number of urea groups is 1. The Hall–Kier alpha value is -2.66. The molecule has 0 aromatic heterocycles. The van der Waals surface area contributed by atoms with E-state index in [0.29, 0.717) is 0 Å². The molecule has 0 aliphatic carbocycles. The fourth-order valence-electron chi connectivity index (χ4n) is 4.32. The van der Waals surface area contributed by atoms with Crippen LogP contribution in [0.25, 0.3) is 0 Å². The molecule has 0 bridgehead atoms. The van der Waals surface area contributed by atoms with E-state index in [1.165, 1.54) is 7.05 Å². The molecular weight excluding hydrogens is 316 g/mol. The van der Waals surface area contributed by atoms with Crippen LogP contribution < -0.4 is 0 Å². The monoisotopic (exact) mass is 336 g/mol. The number of ether oxygens (including phenoxy) is 1. The molecule has 0 spiro atoms. The Labute approximate surface area is 146 Å². The fraction of sp³-hybridized carbons (Fsp3) is 0.300. The van der Waals surface area contributed by atoms with Gasteiger partial charge in [-0.1, -0.05) is 60.7 Å². The molecule has 2 aromatic carbocycles. The number of rotatable bonds is 2. The molecule has 4 rings (SSSR count). The van der Waals surface area contributed by atoms with Crippen LogP contribution in [-0.2, 0) is 15.1 Å². The second kappa shape index (κ2) is 5.17. The maximum Gasteiger partial charge on any atom is 0.326 e. The maximum atomic E-state index is 12.8. The van der Waals surface area contributed by atoms with Crippen molar-refractivity contribution in [1.82, 2.24) is 9.80 Å². The van der Waals surface area contributed by atoms with E-state index in [9.17, 15) is 9.59 Å². The van der Waals surface area contributed by atoms with Gasteiger partial charge in [-0.05, 0) is 18.1 Å². The SMILES string of the molecule is CN1C(=O)N(C)C2C(c3ccccc3)(c3ccccc3)O[C@@]2(C)C1=O. The first kappa shape index (κ1) is 15.8. The van der Waals surface area contributed by atoms with Gasteiger partial charge in [0.05, 0.1) is 0 Å². The topological polar surface area (TPSA) is 49.9 Å². The molecule has 2 atom stereocenters. The van der Waals surface area contributed by atoms with Crippen LogP contribution in [0.1, 0.15) is 18.1 Å². The molecule has 2 heterocycles. The predicted octanol–water partition coefficient (Wildman–Crippen LogP) is 2.61. The molecule has 5 heteroatoms. The first-order chi connectivity index (χ1) is 11.9. The van der Waals surface area contributed by atoms with Crippen LogP contribution in [0.2, 0.25) is 0 Å². The van der Waals surface area contributed by atoms with E-state index in [4.69, 9.17) is 4.74 Å². The van der Waals surface area contributed by atoms with Crippen LogP contribution in [0.3, 0.4) is 0 Å². The van der Waals surface area contributed by atoms with Gasteiger partial charge in [0, 0.05) is 14.1 Å². The number of imide groups is 1. The Balaban J connectivity index is 1.93. The molecule has 0 N–H and O–H groups in total. The van der Waals surface area contributed by atoms with Crippen LogP contribution in [0.4, 0.5) is 4.79 Å². The lowest BCUT2D eigenvalue weighted by Crippen LogP contribution is -2.83. The third kappa shape index (κ3) is 1.87. The van der Waals surface area contributed by atoms with E-state index in [-0.39, 0.29) is 11.9 Å². The van der Waals surface area contributed by atoms with E-state index in [0.717, 1.165) is 16.0 Å². The fourth-order valence-corrected chi connectivity index (χ4v) is 4.32. The van der Waals surface area contributed by atoms with Crippen molar-refractivity contribution >= 4 is 11.9 Å². The molecule has 0 saturated carbocycles. The first-order valence-corrected chi connectivity index (χ1v) is 8.29. The standard InChI is InChI=1S/C20H20N2O3/c1-19-16(21(2)18(24)22(3)17(19)23)20(25-19,14-10-6-4-7-11-14)15-12-8-5-9-13-15/h4-13,16H,1-3H3/t16?,19-/m1/s1. The van der Waals surface area contributed by atoms with Gasteiger partial charge in [0.2, 0.25) is 0 Å². The van der Waals surface area contributed by atoms with Gasteiger partial charge in [-0.15, -0.1) is 0 Å². The lowest BCUT2D eigenvalue weighted by molar-refractivity contribution is -0.296. The lowest BCUT2D eigenvalue weighted by Gasteiger charge is -2.65. The van der Waals surface area contributed by atoms with E-state index < -0.39 is 17.2 Å². The number of amides is 3. The quantitative estimate of drug-likeness (QED) is 0.847. The van der Waals surface area contributed by atoms with Crippen molar-refractivity contribution in [3.8, 4) is 0 Å². The summed E-state index contributed by atoms with van der Waals surface area (Å²) in [6.45, 7) is 1.77. The highest BCUT2D eigenvalue weighted by molar-refractivity contribution is 6.03. The van der Waals surface area contributed by atoms with Gasteiger partial charge in [0.15, 0.2) is 5.60 Å². The van der Waals surface area contributed by atoms with Gasteiger partial charge in [0.25, 0.3) is 5.91 Å². The molecule has 2 aromatic rings. The summed E-state index contributed by atoms with van der Waals surface area (Å²) in [6.07, 6.45) is 0. The summed E-state index contributed by atoms with van der Waals surface area (Å²) in [7, 11) is 3.23. The lowest BCUT2D eigenvalue weighted by atomic mass is 9.65. The summed E-state index contributed by atoms with van der Waals surface area (Å²) in [6, 6.07) is 18.8. The largest absolute Gasteiger partial charge is 0.345 e. The van der Waals surface area contributed by atoms with Gasteiger partial charge in [-0.3, -0.25) is 9.69 Å².